The van der Waals surface area contributed by atoms with Crippen LogP contribution in [0.5, 0.6) is 0 Å². The van der Waals surface area contributed by atoms with Gasteiger partial charge in [-0.15, -0.1) is 0 Å². The van der Waals surface area contributed by atoms with Gasteiger partial charge >= 0.3 is 6.18 Å². The smallest absolute Gasteiger partial charge is 0.406 e. The molecular weight excluding hydrogens is 285 g/mol. The number of amides is 1. The summed E-state index contributed by atoms with van der Waals surface area (Å²) in [7, 11) is 0. The highest BCUT2D eigenvalue weighted by atomic mass is 19.4. The largest absolute Gasteiger partial charge is 0.451 e. The number of rotatable bonds is 3. The van der Waals surface area contributed by atoms with Crippen LogP contribution in [0.3, 0.4) is 0 Å². The van der Waals surface area contributed by atoms with Gasteiger partial charge in [0.15, 0.2) is 5.76 Å². The number of hydrogen-bond donors (Lipinski definition) is 1. The quantitative estimate of drug-likeness (QED) is 0.883. The van der Waals surface area contributed by atoms with Crippen LogP contribution < -0.4 is 5.73 Å². The summed E-state index contributed by atoms with van der Waals surface area (Å²) in [6.45, 7) is 1.72. The Morgan fingerprint density at radius 3 is 2.57 bits per heavy atom. The molecule has 0 bridgehead atoms. The number of carbonyl (C=O) groups excluding carboxylic acids is 1. The Kier molecular flexibility index (Phi) is 3.85. The third-order valence-corrected chi connectivity index (χ3v) is 2.98. The van der Waals surface area contributed by atoms with Crippen molar-refractivity contribution in [2.45, 2.75) is 26.1 Å². The highest BCUT2D eigenvalue weighted by molar-refractivity contribution is 5.96. The van der Waals surface area contributed by atoms with Crippen molar-refractivity contribution in [2.75, 3.05) is 12.3 Å². The Morgan fingerprint density at radius 1 is 1.33 bits per heavy atom. The molecule has 2 aromatic rings. The third kappa shape index (κ3) is 3.48. The fourth-order valence-corrected chi connectivity index (χ4v) is 1.99. The lowest BCUT2D eigenvalue weighted by atomic mass is 10.2. The number of nitrogens with zero attached hydrogens (tertiary/aromatic N) is 1. The zero-order valence-electron chi connectivity index (χ0n) is 11.6. The minimum absolute atomic E-state index is 0.131. The van der Waals surface area contributed by atoms with Gasteiger partial charge in [-0.3, -0.25) is 4.79 Å². The fraction of sp³-hybridized carbons (Fsp3) is 0.357. The Labute approximate surface area is 119 Å². The molecule has 7 heteroatoms. The summed E-state index contributed by atoms with van der Waals surface area (Å²) in [6, 6.07) is 5.57. The molecule has 0 radical (unpaired) electrons. The highest BCUT2D eigenvalue weighted by Gasteiger charge is 2.35. The van der Waals surface area contributed by atoms with E-state index in [1.165, 1.54) is 19.9 Å². The number of halogens is 3. The number of carbonyl (C=O) groups is 1. The van der Waals surface area contributed by atoms with E-state index >= 15 is 0 Å². The molecule has 0 fully saturated rings. The van der Waals surface area contributed by atoms with Crippen LogP contribution in [0.2, 0.25) is 0 Å². The van der Waals surface area contributed by atoms with E-state index in [0.717, 1.165) is 4.90 Å². The Bertz CT molecular complexity index is 662. The number of hydrogen-bond acceptors (Lipinski definition) is 3. The molecule has 21 heavy (non-hydrogen) atoms. The molecule has 0 saturated heterocycles. The van der Waals surface area contributed by atoms with Gasteiger partial charge in [-0.05, 0) is 38.1 Å². The first-order chi connectivity index (χ1) is 9.67. The monoisotopic (exact) mass is 300 g/mol. The van der Waals surface area contributed by atoms with Crippen LogP contribution in [-0.4, -0.2) is 29.6 Å². The molecule has 1 heterocycles. The first kappa shape index (κ1) is 15.2. The van der Waals surface area contributed by atoms with Gasteiger partial charge in [0.25, 0.3) is 5.91 Å². The van der Waals surface area contributed by atoms with Crippen LogP contribution in [0.15, 0.2) is 28.7 Å². The first-order valence-corrected chi connectivity index (χ1v) is 6.34. The predicted molar refractivity (Wildman–Crippen MR) is 72.9 cm³/mol. The molecule has 0 spiro atoms. The van der Waals surface area contributed by atoms with E-state index in [0.29, 0.717) is 16.7 Å². The van der Waals surface area contributed by atoms with Gasteiger partial charge in [-0.25, -0.2) is 0 Å². The van der Waals surface area contributed by atoms with E-state index in [-0.39, 0.29) is 5.76 Å². The maximum atomic E-state index is 12.6. The lowest BCUT2D eigenvalue weighted by Crippen LogP contribution is -2.43. The van der Waals surface area contributed by atoms with Crippen molar-refractivity contribution in [3.05, 3.63) is 30.0 Å². The van der Waals surface area contributed by atoms with Crippen molar-refractivity contribution < 1.29 is 22.4 Å². The Hall–Kier alpha value is -2.18. The van der Waals surface area contributed by atoms with Gasteiger partial charge in [0.05, 0.1) is 0 Å². The summed E-state index contributed by atoms with van der Waals surface area (Å²) in [5.41, 5.74) is 6.51. The van der Waals surface area contributed by atoms with E-state index in [2.05, 4.69) is 0 Å². The van der Waals surface area contributed by atoms with E-state index < -0.39 is 24.7 Å². The van der Waals surface area contributed by atoms with Crippen LogP contribution in [0.1, 0.15) is 24.4 Å². The molecule has 2 N–H and O–H groups in total. The van der Waals surface area contributed by atoms with Gasteiger partial charge < -0.3 is 15.1 Å². The zero-order chi connectivity index (χ0) is 15.8. The van der Waals surface area contributed by atoms with E-state index in [9.17, 15) is 18.0 Å². The minimum Gasteiger partial charge on any atom is -0.451 e. The molecule has 0 aliphatic rings. The summed E-state index contributed by atoms with van der Waals surface area (Å²) >= 11 is 0. The first-order valence-electron chi connectivity index (χ1n) is 6.34. The number of anilines is 1. The number of nitrogens with two attached hydrogens (primary N) is 1. The lowest BCUT2D eigenvalue weighted by Gasteiger charge is -2.26. The standard InChI is InChI=1S/C14H15F3N2O2/c1-8(2)19(7-14(15,16)17)13(20)12-6-9-5-10(18)3-4-11(9)21-12/h3-6,8H,7,18H2,1-2H3. The summed E-state index contributed by atoms with van der Waals surface area (Å²) in [4.78, 5) is 12.9. The van der Waals surface area contributed by atoms with E-state index in [1.807, 2.05) is 0 Å². The van der Waals surface area contributed by atoms with Gasteiger partial charge in [-0.2, -0.15) is 13.2 Å². The minimum atomic E-state index is -4.46. The molecule has 1 aromatic carbocycles. The number of furan rings is 1. The van der Waals surface area contributed by atoms with E-state index in [1.54, 1.807) is 18.2 Å². The number of benzene rings is 1. The average Bonchev–Trinajstić information content (AvgIpc) is 2.76. The molecule has 114 valence electrons. The second kappa shape index (κ2) is 5.31. The van der Waals surface area contributed by atoms with Gasteiger partial charge in [0, 0.05) is 17.1 Å². The summed E-state index contributed by atoms with van der Waals surface area (Å²) in [5, 5.41) is 0.578. The van der Waals surface area contributed by atoms with Crippen LogP contribution in [-0.2, 0) is 0 Å². The highest BCUT2D eigenvalue weighted by Crippen LogP contribution is 2.25. The second-order valence-electron chi connectivity index (χ2n) is 5.05. The molecule has 1 amide bonds. The molecule has 4 nitrogen and oxygen atoms in total. The molecule has 0 unspecified atom stereocenters. The lowest BCUT2D eigenvalue weighted by molar-refractivity contribution is -0.143. The van der Waals surface area contributed by atoms with Crippen LogP contribution in [0.4, 0.5) is 18.9 Å². The second-order valence-corrected chi connectivity index (χ2v) is 5.05. The summed E-state index contributed by atoms with van der Waals surface area (Å²) in [5.74, 6) is -0.925. The SMILES string of the molecule is CC(C)N(CC(F)(F)F)C(=O)c1cc2cc(N)ccc2o1. The number of alkyl halides is 3. The van der Waals surface area contributed by atoms with Crippen molar-refractivity contribution in [3.8, 4) is 0 Å². The van der Waals surface area contributed by atoms with Crippen LogP contribution >= 0.6 is 0 Å². The predicted octanol–water partition coefficient (Wildman–Crippen LogP) is 3.43. The summed E-state index contributed by atoms with van der Waals surface area (Å²) in [6.07, 6.45) is -4.46. The molecule has 0 atom stereocenters. The molecule has 0 aliphatic heterocycles. The molecule has 0 aliphatic carbocycles. The van der Waals surface area contributed by atoms with Crippen molar-refractivity contribution in [1.29, 1.82) is 0 Å². The van der Waals surface area contributed by atoms with Gasteiger partial charge in [0.2, 0.25) is 0 Å². The van der Waals surface area contributed by atoms with Crippen LogP contribution in [0.25, 0.3) is 11.0 Å². The Morgan fingerprint density at radius 2 is 2.00 bits per heavy atom. The third-order valence-electron chi connectivity index (χ3n) is 2.98. The zero-order valence-corrected chi connectivity index (χ0v) is 11.6. The fourth-order valence-electron chi connectivity index (χ4n) is 1.99. The molecule has 0 saturated carbocycles. The number of fused-ring (bicyclic) bond motifs is 1. The van der Waals surface area contributed by atoms with Gasteiger partial charge in [-0.1, -0.05) is 0 Å². The maximum Gasteiger partial charge on any atom is 0.406 e. The molecule has 1 aromatic heterocycles. The van der Waals surface area contributed by atoms with Gasteiger partial charge in [0.1, 0.15) is 12.1 Å². The summed E-state index contributed by atoms with van der Waals surface area (Å²) < 4.78 is 43.0. The van der Waals surface area contributed by atoms with Crippen molar-refractivity contribution in [3.63, 3.8) is 0 Å². The Balaban J connectivity index is 2.34. The topological polar surface area (TPSA) is 59.5 Å². The molecular formula is C14H15F3N2O2. The van der Waals surface area contributed by atoms with Crippen molar-refractivity contribution in [2.24, 2.45) is 0 Å². The average molecular weight is 300 g/mol. The maximum absolute atomic E-state index is 12.6. The van der Waals surface area contributed by atoms with Crippen molar-refractivity contribution in [1.82, 2.24) is 4.90 Å². The van der Waals surface area contributed by atoms with Crippen LogP contribution in [0, 0.1) is 0 Å². The normalized spacial score (nSPS) is 12.1. The molecule has 2 rings (SSSR count). The van der Waals surface area contributed by atoms with Crippen molar-refractivity contribution >= 4 is 22.6 Å². The number of nitrogen functional groups attached to an aromatic ring is 1. The van der Waals surface area contributed by atoms with E-state index in [4.69, 9.17) is 10.2 Å².